The van der Waals surface area contributed by atoms with Crippen LogP contribution < -0.4 is 5.32 Å². The molecule has 1 aliphatic heterocycles. The Balaban J connectivity index is 1.80. The first-order chi connectivity index (χ1) is 10.3. The van der Waals surface area contributed by atoms with Crippen molar-refractivity contribution in [3.05, 3.63) is 35.9 Å². The molecule has 3 rings (SSSR count). The topological polar surface area (TPSA) is 52.0 Å². The molecule has 1 aliphatic rings. The first kappa shape index (κ1) is 13.8. The van der Waals surface area contributed by atoms with E-state index in [9.17, 15) is 5.26 Å². The number of anilines is 1. The van der Waals surface area contributed by atoms with Gasteiger partial charge in [0.25, 0.3) is 0 Å². The summed E-state index contributed by atoms with van der Waals surface area (Å²) in [6.45, 7) is 5.39. The molecule has 0 amide bonds. The predicted molar refractivity (Wildman–Crippen MR) is 85.2 cm³/mol. The number of pyridine rings is 1. The molecule has 1 N–H and O–H groups in total. The highest BCUT2D eigenvalue weighted by molar-refractivity contribution is 5.86. The minimum Gasteiger partial charge on any atom is -0.368 e. The van der Waals surface area contributed by atoms with E-state index in [0.717, 1.165) is 29.8 Å². The highest BCUT2D eigenvalue weighted by Gasteiger charge is 2.22. The lowest BCUT2D eigenvalue weighted by molar-refractivity contribution is 0.277. The lowest BCUT2D eigenvalue weighted by Crippen LogP contribution is -2.34. The van der Waals surface area contributed by atoms with Crippen LogP contribution in [0.5, 0.6) is 0 Å². The van der Waals surface area contributed by atoms with E-state index < -0.39 is 0 Å². The van der Waals surface area contributed by atoms with Crippen molar-refractivity contribution >= 4 is 16.7 Å². The number of nitrogens with zero attached hydrogens (tertiary/aromatic N) is 3. The van der Waals surface area contributed by atoms with E-state index in [1.807, 2.05) is 30.3 Å². The lowest BCUT2D eigenvalue weighted by atomic mass is 10.1. The zero-order chi connectivity index (χ0) is 14.7. The summed E-state index contributed by atoms with van der Waals surface area (Å²) in [5, 5.41) is 13.6. The van der Waals surface area contributed by atoms with E-state index in [4.69, 9.17) is 0 Å². The van der Waals surface area contributed by atoms with Gasteiger partial charge in [-0.1, -0.05) is 25.1 Å². The molecule has 4 nitrogen and oxygen atoms in total. The Bertz CT molecular complexity index is 674. The summed E-state index contributed by atoms with van der Waals surface area (Å²) >= 11 is 0. The first-order valence-electron chi connectivity index (χ1n) is 7.59. The van der Waals surface area contributed by atoms with E-state index in [1.54, 1.807) is 0 Å². The minimum atomic E-state index is 0.578. The Labute approximate surface area is 125 Å². The van der Waals surface area contributed by atoms with Gasteiger partial charge in [-0.25, -0.2) is 4.98 Å². The number of hydrogen-bond acceptors (Lipinski definition) is 4. The van der Waals surface area contributed by atoms with Gasteiger partial charge in [0.1, 0.15) is 5.82 Å². The number of para-hydroxylation sites is 1. The summed E-state index contributed by atoms with van der Waals surface area (Å²) in [5.41, 5.74) is 1.56. The molecule has 0 bridgehead atoms. The summed E-state index contributed by atoms with van der Waals surface area (Å²) in [5.74, 6) is 0.799. The number of likely N-dealkylation sites (N-methyl/N-ethyl adjacent to an activating group) is 1. The highest BCUT2D eigenvalue weighted by atomic mass is 15.2. The summed E-state index contributed by atoms with van der Waals surface area (Å²) < 4.78 is 0. The zero-order valence-electron chi connectivity index (χ0n) is 12.3. The van der Waals surface area contributed by atoms with Gasteiger partial charge in [-0.2, -0.15) is 5.26 Å². The predicted octanol–water partition coefficient (Wildman–Crippen LogP) is 3.00. The van der Waals surface area contributed by atoms with E-state index in [-0.39, 0.29) is 0 Å². The third-order valence-electron chi connectivity index (χ3n) is 4.26. The lowest BCUT2D eigenvalue weighted by Gasteiger charge is -2.23. The van der Waals surface area contributed by atoms with Crippen LogP contribution in [0.1, 0.15) is 25.3 Å². The number of benzene rings is 1. The van der Waals surface area contributed by atoms with Gasteiger partial charge in [0.05, 0.1) is 17.1 Å². The van der Waals surface area contributed by atoms with Crippen LogP contribution in [0.2, 0.25) is 0 Å². The Hall–Kier alpha value is -2.12. The summed E-state index contributed by atoms with van der Waals surface area (Å²) in [6, 6.07) is 12.5. The van der Waals surface area contributed by atoms with Gasteiger partial charge in [0.2, 0.25) is 0 Å². The van der Waals surface area contributed by atoms with E-state index in [2.05, 4.69) is 28.2 Å². The van der Waals surface area contributed by atoms with Crippen molar-refractivity contribution in [3.63, 3.8) is 0 Å². The maximum atomic E-state index is 9.31. The van der Waals surface area contributed by atoms with Crippen LogP contribution in [0.15, 0.2) is 30.3 Å². The molecule has 2 aromatic rings. The second kappa shape index (κ2) is 6.11. The van der Waals surface area contributed by atoms with E-state index >= 15 is 0 Å². The second-order valence-corrected chi connectivity index (χ2v) is 5.49. The Morgan fingerprint density at radius 2 is 2.29 bits per heavy atom. The molecule has 1 saturated heterocycles. The van der Waals surface area contributed by atoms with Crippen LogP contribution in [0.25, 0.3) is 10.9 Å². The molecule has 1 fully saturated rings. The van der Waals surface area contributed by atoms with Gasteiger partial charge in [-0.3, -0.25) is 4.90 Å². The number of aromatic nitrogens is 1. The van der Waals surface area contributed by atoms with Crippen molar-refractivity contribution < 1.29 is 0 Å². The van der Waals surface area contributed by atoms with E-state index in [0.29, 0.717) is 11.6 Å². The van der Waals surface area contributed by atoms with Crippen molar-refractivity contribution in [2.75, 3.05) is 25.0 Å². The standard InChI is InChI=1S/C17H20N4/c1-2-21-9-5-6-14(21)12-19-17-10-13(11-18)15-7-3-4-8-16(15)20-17/h3-4,7-8,10,14H,2,5-6,9,12H2,1H3,(H,19,20). The molecule has 0 aliphatic carbocycles. The Morgan fingerprint density at radius 3 is 3.10 bits per heavy atom. The highest BCUT2D eigenvalue weighted by Crippen LogP contribution is 2.21. The molecule has 0 spiro atoms. The monoisotopic (exact) mass is 280 g/mol. The molecule has 4 heteroatoms. The van der Waals surface area contributed by atoms with Crippen LogP contribution in [0.4, 0.5) is 5.82 Å². The van der Waals surface area contributed by atoms with Crippen molar-refractivity contribution in [3.8, 4) is 6.07 Å². The maximum absolute atomic E-state index is 9.31. The largest absolute Gasteiger partial charge is 0.368 e. The Kier molecular flexibility index (Phi) is 4.03. The van der Waals surface area contributed by atoms with Gasteiger partial charge in [0, 0.05) is 18.0 Å². The second-order valence-electron chi connectivity index (χ2n) is 5.49. The number of fused-ring (bicyclic) bond motifs is 1. The summed E-state index contributed by atoms with van der Waals surface area (Å²) in [6.07, 6.45) is 2.51. The van der Waals surface area contributed by atoms with Gasteiger partial charge >= 0.3 is 0 Å². The quantitative estimate of drug-likeness (QED) is 0.935. The number of nitrogens with one attached hydrogen (secondary N) is 1. The van der Waals surface area contributed by atoms with E-state index in [1.165, 1.54) is 19.4 Å². The third-order valence-corrected chi connectivity index (χ3v) is 4.26. The van der Waals surface area contributed by atoms with Crippen LogP contribution in [-0.4, -0.2) is 35.6 Å². The molecular formula is C17H20N4. The SMILES string of the molecule is CCN1CCCC1CNc1cc(C#N)c2ccccc2n1. The number of nitriles is 1. The smallest absolute Gasteiger partial charge is 0.128 e. The van der Waals surface area contributed by atoms with Crippen molar-refractivity contribution in [1.82, 2.24) is 9.88 Å². The van der Waals surface area contributed by atoms with Gasteiger partial charge < -0.3 is 5.32 Å². The van der Waals surface area contributed by atoms with Crippen LogP contribution in [0.3, 0.4) is 0 Å². The van der Waals surface area contributed by atoms with Gasteiger partial charge in [-0.15, -0.1) is 0 Å². The molecule has 0 saturated carbocycles. The average molecular weight is 280 g/mol. The molecule has 108 valence electrons. The van der Waals surface area contributed by atoms with Crippen LogP contribution >= 0.6 is 0 Å². The molecule has 1 unspecified atom stereocenters. The van der Waals surface area contributed by atoms with Crippen molar-refractivity contribution in [2.45, 2.75) is 25.8 Å². The van der Waals surface area contributed by atoms with Gasteiger partial charge in [-0.05, 0) is 38.1 Å². The number of hydrogen-bond donors (Lipinski definition) is 1. The third kappa shape index (κ3) is 2.84. The average Bonchev–Trinajstić information content (AvgIpc) is 2.99. The fourth-order valence-electron chi connectivity index (χ4n) is 3.12. The van der Waals surface area contributed by atoms with Gasteiger partial charge in [0.15, 0.2) is 0 Å². The molecule has 2 heterocycles. The molecule has 1 atom stereocenters. The first-order valence-corrected chi connectivity index (χ1v) is 7.59. The summed E-state index contributed by atoms with van der Waals surface area (Å²) in [7, 11) is 0. The van der Waals surface area contributed by atoms with Crippen molar-refractivity contribution in [1.29, 1.82) is 5.26 Å². The molecular weight excluding hydrogens is 260 g/mol. The fraction of sp³-hybridized carbons (Fsp3) is 0.412. The maximum Gasteiger partial charge on any atom is 0.128 e. The van der Waals surface area contributed by atoms with Crippen LogP contribution in [-0.2, 0) is 0 Å². The van der Waals surface area contributed by atoms with Crippen LogP contribution in [0, 0.1) is 11.3 Å². The normalized spacial score (nSPS) is 18.8. The summed E-state index contributed by atoms with van der Waals surface area (Å²) in [4.78, 5) is 7.11. The number of rotatable bonds is 4. The zero-order valence-corrected chi connectivity index (χ0v) is 12.3. The fourth-order valence-corrected chi connectivity index (χ4v) is 3.12. The molecule has 1 aromatic heterocycles. The number of likely N-dealkylation sites (tertiary alicyclic amines) is 1. The molecule has 1 aromatic carbocycles. The van der Waals surface area contributed by atoms with Crippen molar-refractivity contribution in [2.24, 2.45) is 0 Å². The Morgan fingerprint density at radius 1 is 1.43 bits per heavy atom. The molecule has 0 radical (unpaired) electrons. The molecule has 21 heavy (non-hydrogen) atoms. The minimum absolute atomic E-state index is 0.578.